The molecule has 30 heavy (non-hydrogen) atoms. The molecule has 0 atom stereocenters. The first-order valence-corrected chi connectivity index (χ1v) is 11.5. The average Bonchev–Trinajstić information content (AvgIpc) is 2.68. The van der Waals surface area contributed by atoms with Gasteiger partial charge in [-0.2, -0.15) is 8.42 Å². The van der Waals surface area contributed by atoms with Gasteiger partial charge in [0.05, 0.1) is 17.2 Å². The van der Waals surface area contributed by atoms with Gasteiger partial charge in [0.15, 0.2) is 11.5 Å². The van der Waals surface area contributed by atoms with Gasteiger partial charge in [-0.05, 0) is 42.7 Å². The number of aryl methyl sites for hydroxylation is 2. The monoisotopic (exact) mass is 430 g/mol. The van der Waals surface area contributed by atoms with Crippen LogP contribution in [-0.4, -0.2) is 27.9 Å². The van der Waals surface area contributed by atoms with Crippen LogP contribution in [0.25, 0.3) is 22.1 Å². The molecule has 4 rings (SSSR count). The van der Waals surface area contributed by atoms with Gasteiger partial charge in [0.2, 0.25) is 5.43 Å². The van der Waals surface area contributed by atoms with Crippen LogP contribution in [0.5, 0.6) is 17.2 Å². The molecule has 8 heteroatoms. The Morgan fingerprint density at radius 2 is 1.80 bits per heavy atom. The number of benzene rings is 2. The van der Waals surface area contributed by atoms with E-state index in [2.05, 4.69) is 0 Å². The highest BCUT2D eigenvalue weighted by atomic mass is 32.2. The molecule has 2 heterocycles. The fourth-order valence-electron chi connectivity index (χ4n) is 3.62. The summed E-state index contributed by atoms with van der Waals surface area (Å²) in [6.07, 6.45) is 2.31. The maximum atomic E-state index is 13.4. The molecule has 0 fully saturated rings. The second-order valence-electron chi connectivity index (χ2n) is 7.21. The van der Waals surface area contributed by atoms with Gasteiger partial charge < -0.3 is 18.1 Å². The van der Waals surface area contributed by atoms with Crippen molar-refractivity contribution in [3.63, 3.8) is 0 Å². The van der Waals surface area contributed by atoms with Crippen LogP contribution in [-0.2, 0) is 16.5 Å². The maximum Gasteiger partial charge on any atom is 0.306 e. The van der Waals surface area contributed by atoms with Gasteiger partial charge in [-0.15, -0.1) is 0 Å². The molecule has 0 saturated carbocycles. The second kappa shape index (κ2) is 7.68. The number of rotatable bonds is 5. The van der Waals surface area contributed by atoms with Crippen LogP contribution in [0.3, 0.4) is 0 Å². The Morgan fingerprint density at radius 3 is 2.50 bits per heavy atom. The summed E-state index contributed by atoms with van der Waals surface area (Å²) in [5, 5.41) is 0.370. The molecule has 1 aromatic heterocycles. The fourth-order valence-corrected chi connectivity index (χ4v) is 4.10. The normalized spacial score (nSPS) is 13.4. The predicted molar refractivity (Wildman–Crippen MR) is 113 cm³/mol. The van der Waals surface area contributed by atoms with Crippen molar-refractivity contribution in [1.82, 2.24) is 0 Å². The molecule has 0 amide bonds. The highest BCUT2D eigenvalue weighted by molar-refractivity contribution is 7.86. The molecule has 2 aromatic carbocycles. The Labute approximate surface area is 174 Å². The van der Waals surface area contributed by atoms with Crippen molar-refractivity contribution in [2.24, 2.45) is 0 Å². The van der Waals surface area contributed by atoms with Crippen LogP contribution >= 0.6 is 0 Å². The predicted octanol–water partition coefficient (Wildman–Crippen LogP) is 3.83. The van der Waals surface area contributed by atoms with Gasteiger partial charge in [-0.3, -0.25) is 4.79 Å². The zero-order valence-electron chi connectivity index (χ0n) is 17.0. The van der Waals surface area contributed by atoms with Gasteiger partial charge in [0.1, 0.15) is 30.3 Å². The van der Waals surface area contributed by atoms with E-state index in [1.807, 2.05) is 6.92 Å². The molecule has 0 radical (unpaired) electrons. The van der Waals surface area contributed by atoms with E-state index in [1.54, 1.807) is 31.2 Å². The van der Waals surface area contributed by atoms with Crippen LogP contribution in [0.2, 0.25) is 0 Å². The third-order valence-corrected chi connectivity index (χ3v) is 5.32. The molecule has 1 aliphatic rings. The van der Waals surface area contributed by atoms with E-state index in [0.717, 1.165) is 12.7 Å². The van der Waals surface area contributed by atoms with E-state index >= 15 is 0 Å². The zero-order chi connectivity index (χ0) is 21.5. The molecule has 3 aromatic rings. The van der Waals surface area contributed by atoms with E-state index < -0.39 is 10.1 Å². The highest BCUT2D eigenvalue weighted by Crippen LogP contribution is 2.36. The summed E-state index contributed by atoms with van der Waals surface area (Å²) in [5.74, 6) is 1.82. The van der Waals surface area contributed by atoms with Gasteiger partial charge in [-0.25, -0.2) is 0 Å². The molecule has 0 saturated heterocycles. The zero-order valence-corrected chi connectivity index (χ0v) is 17.8. The van der Waals surface area contributed by atoms with Crippen molar-refractivity contribution >= 4 is 21.1 Å². The Morgan fingerprint density at radius 1 is 1.07 bits per heavy atom. The van der Waals surface area contributed by atoms with Crippen LogP contribution in [0.15, 0.2) is 39.5 Å². The fraction of sp³-hybridized carbons (Fsp3) is 0.318. The third kappa shape index (κ3) is 3.87. The van der Waals surface area contributed by atoms with Crippen LogP contribution in [0.4, 0.5) is 0 Å². The van der Waals surface area contributed by atoms with Crippen LogP contribution in [0.1, 0.15) is 24.7 Å². The molecule has 7 nitrogen and oxygen atoms in total. The van der Waals surface area contributed by atoms with E-state index in [1.165, 1.54) is 6.07 Å². The summed E-state index contributed by atoms with van der Waals surface area (Å²) < 4.78 is 45.5. The van der Waals surface area contributed by atoms with Crippen molar-refractivity contribution in [3.05, 3.63) is 51.9 Å². The van der Waals surface area contributed by atoms with Gasteiger partial charge >= 0.3 is 10.1 Å². The van der Waals surface area contributed by atoms with Crippen molar-refractivity contribution in [2.75, 3.05) is 19.5 Å². The summed E-state index contributed by atoms with van der Waals surface area (Å²) in [6, 6.07) is 8.48. The molecule has 1 aliphatic heterocycles. The standard InChI is InChI=1S/C22H22O7S/c1-4-5-14-10-16-19(12-18(14)29-30(3,24)25)28-13(2)21(22(16)23)15-6-7-17-20(11-15)27-9-8-26-17/h6-7,10-12H,4-5,8-9H2,1-3H3. The topological polar surface area (TPSA) is 92.0 Å². The van der Waals surface area contributed by atoms with Gasteiger partial charge in [0, 0.05) is 6.07 Å². The van der Waals surface area contributed by atoms with E-state index in [-0.39, 0.29) is 16.8 Å². The molecule has 0 spiro atoms. The summed E-state index contributed by atoms with van der Waals surface area (Å²) in [4.78, 5) is 13.4. The number of fused-ring (bicyclic) bond motifs is 2. The minimum Gasteiger partial charge on any atom is -0.486 e. The summed E-state index contributed by atoms with van der Waals surface area (Å²) in [5.41, 5.74) is 1.81. The van der Waals surface area contributed by atoms with Crippen molar-refractivity contribution in [2.45, 2.75) is 26.7 Å². The maximum absolute atomic E-state index is 13.4. The Hall–Kier alpha value is -3.00. The smallest absolute Gasteiger partial charge is 0.306 e. The van der Waals surface area contributed by atoms with Gasteiger partial charge in [0.25, 0.3) is 0 Å². The van der Waals surface area contributed by atoms with Crippen molar-refractivity contribution in [1.29, 1.82) is 0 Å². The van der Waals surface area contributed by atoms with Crippen LogP contribution in [0, 0.1) is 6.92 Å². The lowest BCUT2D eigenvalue weighted by atomic mass is 10.00. The number of ether oxygens (including phenoxy) is 2. The van der Waals surface area contributed by atoms with Crippen molar-refractivity contribution < 1.29 is 26.5 Å². The third-order valence-electron chi connectivity index (χ3n) is 4.84. The summed E-state index contributed by atoms with van der Waals surface area (Å²) >= 11 is 0. The van der Waals surface area contributed by atoms with Crippen LogP contribution < -0.4 is 19.1 Å². The second-order valence-corrected chi connectivity index (χ2v) is 8.79. The lowest BCUT2D eigenvalue weighted by Gasteiger charge is -2.19. The first-order valence-electron chi connectivity index (χ1n) is 9.66. The average molecular weight is 430 g/mol. The first kappa shape index (κ1) is 20.3. The largest absolute Gasteiger partial charge is 0.486 e. The number of hydrogen-bond acceptors (Lipinski definition) is 7. The lowest BCUT2D eigenvalue weighted by Crippen LogP contribution is -2.15. The van der Waals surface area contributed by atoms with Gasteiger partial charge in [-0.1, -0.05) is 19.4 Å². The van der Waals surface area contributed by atoms with Crippen molar-refractivity contribution in [3.8, 4) is 28.4 Å². The highest BCUT2D eigenvalue weighted by Gasteiger charge is 2.20. The van der Waals surface area contributed by atoms with E-state index in [0.29, 0.717) is 59.0 Å². The minimum atomic E-state index is -3.71. The Balaban J connectivity index is 1.91. The molecule has 0 unspecified atom stereocenters. The summed E-state index contributed by atoms with van der Waals surface area (Å²) in [6.45, 7) is 4.60. The molecule has 0 N–H and O–H groups in total. The minimum absolute atomic E-state index is 0.182. The number of hydrogen-bond donors (Lipinski definition) is 0. The Bertz CT molecular complexity index is 1290. The molecular formula is C22H22O7S. The Kier molecular flexibility index (Phi) is 5.19. The molecule has 0 aliphatic carbocycles. The SMILES string of the molecule is CCCc1cc2c(=O)c(-c3ccc4c(c3)OCCO4)c(C)oc2cc1OS(C)(=O)=O. The molecule has 0 bridgehead atoms. The summed E-state index contributed by atoms with van der Waals surface area (Å²) in [7, 11) is -3.71. The molecular weight excluding hydrogens is 408 g/mol. The van der Waals surface area contributed by atoms with E-state index in [9.17, 15) is 13.2 Å². The van der Waals surface area contributed by atoms with E-state index in [4.69, 9.17) is 18.1 Å². The lowest BCUT2D eigenvalue weighted by molar-refractivity contribution is 0.171. The molecule has 158 valence electrons. The first-order chi connectivity index (χ1) is 14.3. The quantitative estimate of drug-likeness (QED) is 0.568.